The van der Waals surface area contributed by atoms with Crippen molar-refractivity contribution in [3.63, 3.8) is 0 Å². The van der Waals surface area contributed by atoms with Gasteiger partial charge in [0.2, 0.25) is 0 Å². The Morgan fingerprint density at radius 3 is 2.67 bits per heavy atom. The fraction of sp³-hybridized carbons (Fsp3) is 0.105. The molecular weight excluding hydrogens is 348 g/mol. The molecule has 0 spiro atoms. The summed E-state index contributed by atoms with van der Waals surface area (Å²) in [4.78, 5) is 20.2. The second-order valence-corrected chi connectivity index (χ2v) is 5.82. The third-order valence-corrected chi connectivity index (χ3v) is 4.25. The van der Waals surface area contributed by atoms with Gasteiger partial charge in [-0.1, -0.05) is 0 Å². The minimum absolute atomic E-state index is 0.0272. The van der Waals surface area contributed by atoms with Crippen LogP contribution < -0.4 is 15.0 Å². The summed E-state index contributed by atoms with van der Waals surface area (Å²) in [7, 11) is 3.11. The van der Waals surface area contributed by atoms with Crippen molar-refractivity contribution in [3.8, 4) is 17.2 Å². The fourth-order valence-corrected chi connectivity index (χ4v) is 2.83. The molecule has 2 aromatic heterocycles. The molecule has 2 aromatic carbocycles. The van der Waals surface area contributed by atoms with E-state index < -0.39 is 0 Å². The standard InChI is InChI=1S/C19H16N4O4/c1-26-12-4-6-16(24)11(7-12)9-21-23-10-20-17-14-5-3-13(27-2)8-15(14)22-18(17)19(23)25/h3-10,22,24H,1-2H3. The van der Waals surface area contributed by atoms with Crippen LogP contribution in [-0.4, -0.2) is 40.2 Å². The molecule has 0 saturated carbocycles. The molecular formula is C19H16N4O4. The van der Waals surface area contributed by atoms with Crippen molar-refractivity contribution in [2.45, 2.75) is 0 Å². The van der Waals surface area contributed by atoms with Gasteiger partial charge in [0.1, 0.15) is 34.6 Å². The second kappa shape index (κ2) is 6.49. The quantitative estimate of drug-likeness (QED) is 0.542. The zero-order valence-electron chi connectivity index (χ0n) is 14.6. The summed E-state index contributed by atoms with van der Waals surface area (Å²) in [5.74, 6) is 1.28. The van der Waals surface area contributed by atoms with Gasteiger partial charge in [0.25, 0.3) is 5.56 Å². The van der Waals surface area contributed by atoms with Gasteiger partial charge in [-0.15, -0.1) is 0 Å². The zero-order chi connectivity index (χ0) is 19.0. The van der Waals surface area contributed by atoms with Gasteiger partial charge in [0.05, 0.1) is 26.0 Å². The largest absolute Gasteiger partial charge is 0.507 e. The van der Waals surface area contributed by atoms with Gasteiger partial charge in [-0.3, -0.25) is 4.79 Å². The number of H-pyrrole nitrogens is 1. The minimum Gasteiger partial charge on any atom is -0.507 e. The van der Waals surface area contributed by atoms with Crippen molar-refractivity contribution < 1.29 is 14.6 Å². The van der Waals surface area contributed by atoms with E-state index in [1.54, 1.807) is 25.3 Å². The molecule has 0 aliphatic heterocycles. The SMILES string of the molecule is COc1ccc(O)c(C=Nn2cnc3c([nH]c4cc(OC)ccc43)c2=O)c1. The number of phenolic OH excluding ortho intramolecular Hbond substituents is 1. The summed E-state index contributed by atoms with van der Waals surface area (Å²) in [6.07, 6.45) is 2.72. The first-order valence-corrected chi connectivity index (χ1v) is 8.09. The van der Waals surface area contributed by atoms with Gasteiger partial charge in [0.15, 0.2) is 0 Å². The molecule has 8 heteroatoms. The number of rotatable bonds is 4. The van der Waals surface area contributed by atoms with Crippen LogP contribution in [0.2, 0.25) is 0 Å². The molecule has 4 aromatic rings. The molecule has 2 N–H and O–H groups in total. The molecule has 0 aliphatic carbocycles. The third kappa shape index (κ3) is 2.86. The third-order valence-electron chi connectivity index (χ3n) is 4.25. The highest BCUT2D eigenvalue weighted by Gasteiger charge is 2.11. The molecule has 8 nitrogen and oxygen atoms in total. The number of benzene rings is 2. The molecule has 0 saturated heterocycles. The number of methoxy groups -OCH3 is 2. The number of aromatic amines is 1. The average Bonchev–Trinajstić information content (AvgIpc) is 3.07. The first kappa shape index (κ1) is 16.6. The Morgan fingerprint density at radius 1 is 1.15 bits per heavy atom. The molecule has 0 fully saturated rings. The highest BCUT2D eigenvalue weighted by Crippen LogP contribution is 2.25. The number of fused-ring (bicyclic) bond motifs is 3. The lowest BCUT2D eigenvalue weighted by Gasteiger charge is -2.03. The van der Waals surface area contributed by atoms with E-state index in [0.717, 1.165) is 15.6 Å². The Bertz CT molecular complexity index is 1240. The van der Waals surface area contributed by atoms with Crippen LogP contribution in [0.3, 0.4) is 0 Å². The smallest absolute Gasteiger partial charge is 0.298 e. The summed E-state index contributed by atoms with van der Waals surface area (Å²) in [6, 6.07) is 10.2. The molecule has 27 heavy (non-hydrogen) atoms. The summed E-state index contributed by atoms with van der Waals surface area (Å²) < 4.78 is 11.4. The first-order chi connectivity index (χ1) is 13.1. The molecule has 136 valence electrons. The molecule has 0 amide bonds. The van der Waals surface area contributed by atoms with Crippen molar-refractivity contribution in [2.75, 3.05) is 14.2 Å². The predicted octanol–water partition coefficient (Wildman–Crippen LogP) is 2.48. The molecule has 4 rings (SSSR count). The lowest BCUT2D eigenvalue weighted by Crippen LogP contribution is -2.17. The molecule has 0 radical (unpaired) electrons. The first-order valence-electron chi connectivity index (χ1n) is 8.09. The zero-order valence-corrected chi connectivity index (χ0v) is 14.6. The molecule has 2 heterocycles. The maximum absolute atomic E-state index is 12.7. The van der Waals surface area contributed by atoms with Gasteiger partial charge >= 0.3 is 0 Å². The Labute approximate surface area is 153 Å². The Hall–Kier alpha value is -3.81. The van der Waals surface area contributed by atoms with E-state index in [2.05, 4.69) is 15.1 Å². The molecule has 0 unspecified atom stereocenters. The van der Waals surface area contributed by atoms with Crippen LogP contribution in [-0.2, 0) is 0 Å². The van der Waals surface area contributed by atoms with Gasteiger partial charge in [-0.05, 0) is 30.3 Å². The summed E-state index contributed by atoms with van der Waals surface area (Å²) >= 11 is 0. The van der Waals surface area contributed by atoms with Crippen molar-refractivity contribution in [3.05, 3.63) is 58.6 Å². The number of nitrogens with one attached hydrogen (secondary N) is 1. The Kier molecular flexibility index (Phi) is 4.00. The van der Waals surface area contributed by atoms with E-state index in [-0.39, 0.29) is 11.3 Å². The summed E-state index contributed by atoms with van der Waals surface area (Å²) in [5, 5.41) is 14.9. The number of hydrogen-bond donors (Lipinski definition) is 2. The van der Waals surface area contributed by atoms with Gasteiger partial charge in [0, 0.05) is 17.0 Å². The monoisotopic (exact) mass is 364 g/mol. The average molecular weight is 364 g/mol. The Morgan fingerprint density at radius 2 is 1.89 bits per heavy atom. The number of phenols is 1. The lowest BCUT2D eigenvalue weighted by atomic mass is 10.2. The Balaban J connectivity index is 1.80. The van der Waals surface area contributed by atoms with Crippen molar-refractivity contribution in [2.24, 2.45) is 5.10 Å². The van der Waals surface area contributed by atoms with Crippen LogP contribution in [0.4, 0.5) is 0 Å². The van der Waals surface area contributed by atoms with E-state index in [0.29, 0.717) is 28.1 Å². The highest BCUT2D eigenvalue weighted by atomic mass is 16.5. The van der Waals surface area contributed by atoms with Crippen LogP contribution in [0.15, 0.2) is 52.6 Å². The second-order valence-electron chi connectivity index (χ2n) is 5.82. The van der Waals surface area contributed by atoms with Crippen molar-refractivity contribution in [1.29, 1.82) is 0 Å². The topological polar surface area (TPSA) is 102 Å². The predicted molar refractivity (Wildman–Crippen MR) is 102 cm³/mol. The number of nitrogens with zero attached hydrogens (tertiary/aromatic N) is 3. The maximum atomic E-state index is 12.7. The minimum atomic E-state index is -0.353. The van der Waals surface area contributed by atoms with Crippen molar-refractivity contribution in [1.82, 2.24) is 14.6 Å². The molecule has 0 atom stereocenters. The van der Waals surface area contributed by atoms with E-state index >= 15 is 0 Å². The van der Waals surface area contributed by atoms with E-state index in [1.165, 1.54) is 25.7 Å². The molecule has 0 bridgehead atoms. The van der Waals surface area contributed by atoms with Gasteiger partial charge < -0.3 is 19.6 Å². The number of aromatic nitrogens is 3. The van der Waals surface area contributed by atoms with Gasteiger partial charge in [-0.2, -0.15) is 9.78 Å². The van der Waals surface area contributed by atoms with Crippen LogP contribution in [0.1, 0.15) is 5.56 Å². The summed E-state index contributed by atoms with van der Waals surface area (Å²) in [5.41, 5.74) is 1.72. The van der Waals surface area contributed by atoms with E-state index in [1.807, 2.05) is 12.1 Å². The fourth-order valence-electron chi connectivity index (χ4n) is 2.83. The van der Waals surface area contributed by atoms with Crippen LogP contribution in [0, 0.1) is 0 Å². The van der Waals surface area contributed by atoms with E-state index in [4.69, 9.17) is 9.47 Å². The maximum Gasteiger partial charge on any atom is 0.298 e. The number of hydrogen-bond acceptors (Lipinski definition) is 6. The molecule has 0 aliphatic rings. The van der Waals surface area contributed by atoms with Crippen LogP contribution in [0.5, 0.6) is 17.2 Å². The normalized spacial score (nSPS) is 11.5. The number of ether oxygens (including phenoxy) is 2. The summed E-state index contributed by atoms with van der Waals surface area (Å²) in [6.45, 7) is 0. The van der Waals surface area contributed by atoms with E-state index in [9.17, 15) is 9.90 Å². The number of aromatic hydroxyl groups is 1. The van der Waals surface area contributed by atoms with Crippen molar-refractivity contribution >= 4 is 28.2 Å². The highest BCUT2D eigenvalue weighted by molar-refractivity contribution is 6.04. The van der Waals surface area contributed by atoms with Crippen LogP contribution >= 0.6 is 0 Å². The van der Waals surface area contributed by atoms with Gasteiger partial charge in [-0.25, -0.2) is 4.98 Å². The lowest BCUT2D eigenvalue weighted by molar-refractivity contribution is 0.412. The van der Waals surface area contributed by atoms with Crippen LogP contribution in [0.25, 0.3) is 21.9 Å².